The molecule has 0 aliphatic heterocycles. The van der Waals surface area contributed by atoms with Crippen molar-refractivity contribution in [3.8, 4) is 22.6 Å². The zero-order valence-corrected chi connectivity index (χ0v) is 24.8. The molecule has 4 aromatic heterocycles. The van der Waals surface area contributed by atoms with Crippen LogP contribution in [0.15, 0.2) is 96.0 Å². The second kappa shape index (κ2) is 11.4. The van der Waals surface area contributed by atoms with Crippen molar-refractivity contribution in [2.24, 2.45) is 0 Å². The largest absolute Gasteiger partial charge is 0.326 e. The third kappa shape index (κ3) is 5.64. The molecule has 2 aromatic carbocycles. The maximum Gasteiger partial charge on any atom is 0.228 e. The number of hydrogen-bond acceptors (Lipinski definition) is 7. The van der Waals surface area contributed by atoms with E-state index in [4.69, 9.17) is 9.97 Å². The van der Waals surface area contributed by atoms with E-state index >= 15 is 0 Å². The topological polar surface area (TPSA) is 87.5 Å². The Bertz CT molecular complexity index is 1930. The number of anilines is 3. The van der Waals surface area contributed by atoms with Gasteiger partial charge in [-0.15, -0.1) is 0 Å². The maximum atomic E-state index is 12.7. The number of thiophene rings is 1. The highest BCUT2D eigenvalue weighted by atomic mass is 32.1. The van der Waals surface area contributed by atoms with E-state index in [1.807, 2.05) is 76.0 Å². The molecule has 0 bridgehead atoms. The standard InChI is InChI=1S/C34H31N7OS/c1-40(2)28-19-23-9-10-27(18-25(23)20-28)37-34-35-13-11-29(38-34)33-32(39-30-8-3-4-14-41(30)33)24-6-5-7-26(17-24)36-31(42)16-22-12-15-43-21-22/h3-15,17-18,21,28H,16,19-20H2,1-2H3,(H,36,42)(H,35,37,38). The summed E-state index contributed by atoms with van der Waals surface area (Å²) in [7, 11) is 4.28. The van der Waals surface area contributed by atoms with Gasteiger partial charge in [-0.3, -0.25) is 9.20 Å². The summed E-state index contributed by atoms with van der Waals surface area (Å²) in [6, 6.07) is 24.7. The van der Waals surface area contributed by atoms with Crippen LogP contribution in [0.5, 0.6) is 0 Å². The minimum Gasteiger partial charge on any atom is -0.326 e. The van der Waals surface area contributed by atoms with Crippen LogP contribution >= 0.6 is 11.3 Å². The Morgan fingerprint density at radius 2 is 1.88 bits per heavy atom. The third-order valence-corrected chi connectivity index (χ3v) is 8.63. The van der Waals surface area contributed by atoms with Crippen LogP contribution in [0.1, 0.15) is 16.7 Å². The van der Waals surface area contributed by atoms with Crippen molar-refractivity contribution < 1.29 is 4.79 Å². The van der Waals surface area contributed by atoms with Gasteiger partial charge < -0.3 is 15.5 Å². The number of aromatic nitrogens is 4. The number of carbonyl (C=O) groups is 1. The summed E-state index contributed by atoms with van der Waals surface area (Å²) in [6.07, 6.45) is 6.21. The molecule has 1 atom stereocenters. The van der Waals surface area contributed by atoms with Gasteiger partial charge in [0.1, 0.15) is 5.65 Å². The number of nitrogens with one attached hydrogen (secondary N) is 2. The Hall–Kier alpha value is -4.86. The van der Waals surface area contributed by atoms with Crippen molar-refractivity contribution in [1.82, 2.24) is 24.3 Å². The highest BCUT2D eigenvalue weighted by Gasteiger charge is 2.23. The second-order valence-electron chi connectivity index (χ2n) is 11.1. The first-order valence-electron chi connectivity index (χ1n) is 14.3. The van der Waals surface area contributed by atoms with Crippen LogP contribution in [0.25, 0.3) is 28.3 Å². The smallest absolute Gasteiger partial charge is 0.228 e. The number of amides is 1. The van der Waals surface area contributed by atoms with E-state index < -0.39 is 0 Å². The van der Waals surface area contributed by atoms with Gasteiger partial charge in [-0.1, -0.05) is 24.3 Å². The van der Waals surface area contributed by atoms with Crippen LogP contribution < -0.4 is 10.6 Å². The molecule has 0 radical (unpaired) electrons. The number of imidazole rings is 1. The number of carbonyl (C=O) groups excluding carboxylic acids is 1. The van der Waals surface area contributed by atoms with E-state index in [0.717, 1.165) is 58.1 Å². The van der Waals surface area contributed by atoms with Crippen LogP contribution in [-0.2, 0) is 24.1 Å². The van der Waals surface area contributed by atoms with E-state index in [1.54, 1.807) is 17.5 Å². The highest BCUT2D eigenvalue weighted by Crippen LogP contribution is 2.34. The minimum absolute atomic E-state index is 0.0546. The Morgan fingerprint density at radius 1 is 0.977 bits per heavy atom. The summed E-state index contributed by atoms with van der Waals surface area (Å²) in [6.45, 7) is 0. The predicted octanol–water partition coefficient (Wildman–Crippen LogP) is 6.47. The monoisotopic (exact) mass is 585 g/mol. The van der Waals surface area contributed by atoms with Gasteiger partial charge in [0.15, 0.2) is 0 Å². The Balaban J connectivity index is 1.20. The molecule has 43 heavy (non-hydrogen) atoms. The lowest BCUT2D eigenvalue weighted by Crippen LogP contribution is -2.27. The van der Waals surface area contributed by atoms with Crippen molar-refractivity contribution in [3.05, 3.63) is 113 Å². The van der Waals surface area contributed by atoms with E-state index in [0.29, 0.717) is 18.4 Å². The normalized spacial score (nSPS) is 14.3. The second-order valence-corrected chi connectivity index (χ2v) is 11.9. The first kappa shape index (κ1) is 27.0. The van der Waals surface area contributed by atoms with Crippen molar-refractivity contribution in [2.75, 3.05) is 24.7 Å². The van der Waals surface area contributed by atoms with Crippen molar-refractivity contribution in [3.63, 3.8) is 0 Å². The van der Waals surface area contributed by atoms with Gasteiger partial charge in [-0.2, -0.15) is 11.3 Å². The van der Waals surface area contributed by atoms with Crippen LogP contribution in [0.2, 0.25) is 0 Å². The third-order valence-electron chi connectivity index (χ3n) is 7.90. The van der Waals surface area contributed by atoms with Crippen LogP contribution in [0.3, 0.4) is 0 Å². The number of nitrogens with zero attached hydrogens (tertiary/aromatic N) is 5. The quantitative estimate of drug-likeness (QED) is 0.213. The molecule has 6 aromatic rings. The van der Waals surface area contributed by atoms with Gasteiger partial charge in [0.25, 0.3) is 0 Å². The number of benzene rings is 2. The van der Waals surface area contributed by atoms with Gasteiger partial charge in [-0.05, 0) is 103 Å². The van der Waals surface area contributed by atoms with E-state index in [2.05, 4.69) is 52.8 Å². The molecule has 8 nitrogen and oxygen atoms in total. The molecule has 0 saturated heterocycles. The summed E-state index contributed by atoms with van der Waals surface area (Å²) in [5.74, 6) is 0.465. The van der Waals surface area contributed by atoms with Gasteiger partial charge in [0.2, 0.25) is 11.9 Å². The fraction of sp³-hybridized carbons (Fsp3) is 0.176. The number of rotatable bonds is 8. The van der Waals surface area contributed by atoms with Crippen LogP contribution in [0, 0.1) is 0 Å². The maximum absolute atomic E-state index is 12.7. The van der Waals surface area contributed by atoms with Gasteiger partial charge in [0, 0.05) is 35.4 Å². The van der Waals surface area contributed by atoms with Gasteiger partial charge in [-0.25, -0.2) is 15.0 Å². The van der Waals surface area contributed by atoms with Crippen LogP contribution in [-0.4, -0.2) is 50.3 Å². The SMILES string of the molecule is CN(C)C1Cc2ccc(Nc3nccc(-c4c(-c5cccc(NC(=O)Cc6ccsc6)c5)nc5ccccn45)n3)cc2C1. The van der Waals surface area contributed by atoms with Crippen LogP contribution in [0.4, 0.5) is 17.3 Å². The fourth-order valence-corrected chi connectivity index (χ4v) is 6.36. The highest BCUT2D eigenvalue weighted by molar-refractivity contribution is 7.08. The number of hydrogen-bond donors (Lipinski definition) is 2. The molecule has 1 aliphatic carbocycles. The molecule has 0 saturated carbocycles. The molecule has 2 N–H and O–H groups in total. The molecule has 0 fully saturated rings. The summed E-state index contributed by atoms with van der Waals surface area (Å²) >= 11 is 1.59. The lowest BCUT2D eigenvalue weighted by Gasteiger charge is -2.17. The first-order valence-corrected chi connectivity index (χ1v) is 15.2. The molecule has 1 aliphatic rings. The van der Waals surface area contributed by atoms with Crippen molar-refractivity contribution in [1.29, 1.82) is 0 Å². The fourth-order valence-electron chi connectivity index (χ4n) is 5.69. The zero-order valence-electron chi connectivity index (χ0n) is 24.0. The average Bonchev–Trinajstić information content (AvgIpc) is 3.76. The summed E-state index contributed by atoms with van der Waals surface area (Å²) < 4.78 is 2.04. The summed E-state index contributed by atoms with van der Waals surface area (Å²) in [5, 5.41) is 10.4. The molecular weight excluding hydrogens is 554 g/mol. The number of likely N-dealkylation sites (N-methyl/N-ethyl adjacent to an activating group) is 1. The molecular formula is C34H31N7OS. The van der Waals surface area contributed by atoms with Crippen molar-refractivity contribution in [2.45, 2.75) is 25.3 Å². The summed E-state index contributed by atoms with van der Waals surface area (Å²) in [5.41, 5.74) is 9.53. The molecule has 7 rings (SSSR count). The molecule has 0 spiro atoms. The molecule has 1 amide bonds. The lowest BCUT2D eigenvalue weighted by atomic mass is 10.1. The molecule has 214 valence electrons. The van der Waals surface area contributed by atoms with Gasteiger partial charge in [0.05, 0.1) is 23.5 Å². The minimum atomic E-state index is -0.0546. The number of pyridine rings is 1. The Kier molecular flexibility index (Phi) is 7.18. The van der Waals surface area contributed by atoms with E-state index in [1.165, 1.54) is 11.1 Å². The van der Waals surface area contributed by atoms with Gasteiger partial charge >= 0.3 is 0 Å². The summed E-state index contributed by atoms with van der Waals surface area (Å²) in [4.78, 5) is 29.4. The van der Waals surface area contributed by atoms with Crippen molar-refractivity contribution >= 4 is 40.2 Å². The Morgan fingerprint density at radius 3 is 2.74 bits per heavy atom. The predicted molar refractivity (Wildman–Crippen MR) is 173 cm³/mol. The Labute approximate surface area is 254 Å². The zero-order chi connectivity index (χ0) is 29.3. The number of fused-ring (bicyclic) bond motifs is 2. The lowest BCUT2D eigenvalue weighted by molar-refractivity contribution is -0.115. The molecule has 1 unspecified atom stereocenters. The molecule has 4 heterocycles. The molecule has 9 heteroatoms. The average molecular weight is 586 g/mol. The first-order chi connectivity index (χ1) is 21.0. The van der Waals surface area contributed by atoms with E-state index in [9.17, 15) is 4.79 Å². The van der Waals surface area contributed by atoms with E-state index in [-0.39, 0.29) is 5.91 Å².